The molecule has 0 unspecified atom stereocenters. The molecule has 0 saturated carbocycles. The smallest absolute Gasteiger partial charge is 0.340 e. The second-order valence-corrected chi connectivity index (χ2v) is 7.08. The highest BCUT2D eigenvalue weighted by Crippen LogP contribution is 2.20. The van der Waals surface area contributed by atoms with E-state index in [0.717, 1.165) is 11.0 Å². The highest BCUT2D eigenvalue weighted by molar-refractivity contribution is 5.94. The Kier molecular flexibility index (Phi) is 4.83. The van der Waals surface area contributed by atoms with Crippen LogP contribution >= 0.6 is 0 Å². The zero-order chi connectivity index (χ0) is 20.5. The molecule has 4 heterocycles. The van der Waals surface area contributed by atoms with Crippen molar-refractivity contribution >= 4 is 34.0 Å². The van der Waals surface area contributed by atoms with Gasteiger partial charge >= 0.3 is 5.97 Å². The standard InChI is InChI=1S/C19H22N8O2/c1-11(2)27-17-13(8-24-27)7-14(12(3)25-17)19(28)29-6-4-5-26-10-23-15-16(20)21-9-22-18(15)26/h7-11H,4-6H2,1-3H3,(H2,20,21,22). The molecule has 4 aromatic heterocycles. The summed E-state index contributed by atoms with van der Waals surface area (Å²) in [5, 5.41) is 5.16. The summed E-state index contributed by atoms with van der Waals surface area (Å²) in [7, 11) is 0. The second kappa shape index (κ2) is 7.46. The number of nitrogen functional groups attached to an aromatic ring is 1. The van der Waals surface area contributed by atoms with E-state index in [1.165, 1.54) is 6.33 Å². The molecule has 150 valence electrons. The SMILES string of the molecule is Cc1nc2c(cnn2C(C)C)cc1C(=O)OCCCn1cnc2c(N)ncnc21. The molecule has 0 aromatic carbocycles. The van der Waals surface area contributed by atoms with E-state index in [-0.39, 0.29) is 12.6 Å². The van der Waals surface area contributed by atoms with Gasteiger partial charge in [0, 0.05) is 18.0 Å². The van der Waals surface area contributed by atoms with Crippen LogP contribution in [0.4, 0.5) is 5.82 Å². The normalized spacial score (nSPS) is 11.6. The average molecular weight is 394 g/mol. The lowest BCUT2D eigenvalue weighted by molar-refractivity contribution is 0.0495. The van der Waals surface area contributed by atoms with Crippen LogP contribution in [0.25, 0.3) is 22.2 Å². The van der Waals surface area contributed by atoms with Crippen LogP contribution in [0.15, 0.2) is 24.9 Å². The first kappa shape index (κ1) is 18.8. The minimum Gasteiger partial charge on any atom is -0.462 e. The molecule has 29 heavy (non-hydrogen) atoms. The summed E-state index contributed by atoms with van der Waals surface area (Å²) in [6.07, 6.45) is 5.40. The first-order chi connectivity index (χ1) is 14.0. The number of hydrogen-bond acceptors (Lipinski definition) is 8. The highest BCUT2D eigenvalue weighted by Gasteiger charge is 2.16. The summed E-state index contributed by atoms with van der Waals surface area (Å²) in [4.78, 5) is 29.4. The minimum atomic E-state index is -0.392. The third-order valence-corrected chi connectivity index (χ3v) is 4.67. The quantitative estimate of drug-likeness (QED) is 0.390. The van der Waals surface area contributed by atoms with Crippen LogP contribution in [0.2, 0.25) is 0 Å². The van der Waals surface area contributed by atoms with Crippen LogP contribution in [-0.2, 0) is 11.3 Å². The maximum atomic E-state index is 12.5. The molecule has 0 aliphatic rings. The maximum absolute atomic E-state index is 12.5. The largest absolute Gasteiger partial charge is 0.462 e. The van der Waals surface area contributed by atoms with E-state index in [4.69, 9.17) is 10.5 Å². The lowest BCUT2D eigenvalue weighted by Gasteiger charge is -2.10. The summed E-state index contributed by atoms with van der Waals surface area (Å²) < 4.78 is 9.15. The van der Waals surface area contributed by atoms with Crippen LogP contribution < -0.4 is 5.73 Å². The summed E-state index contributed by atoms with van der Waals surface area (Å²) in [6, 6.07) is 1.98. The predicted octanol–water partition coefficient (Wildman–Crippen LogP) is 2.29. The molecule has 0 radical (unpaired) electrons. The lowest BCUT2D eigenvalue weighted by atomic mass is 10.2. The first-order valence-corrected chi connectivity index (χ1v) is 9.39. The fraction of sp³-hybridized carbons (Fsp3) is 0.368. The van der Waals surface area contributed by atoms with Crippen molar-refractivity contribution in [2.24, 2.45) is 0 Å². The number of aryl methyl sites for hydroxylation is 2. The molecule has 0 fully saturated rings. The number of rotatable bonds is 6. The summed E-state index contributed by atoms with van der Waals surface area (Å²) in [5.74, 6) is -0.0458. The van der Waals surface area contributed by atoms with Gasteiger partial charge in [0.1, 0.15) is 11.8 Å². The number of anilines is 1. The maximum Gasteiger partial charge on any atom is 0.340 e. The Morgan fingerprint density at radius 3 is 2.86 bits per heavy atom. The molecule has 2 N–H and O–H groups in total. The molecular formula is C19H22N8O2. The number of carbonyl (C=O) groups is 1. The van der Waals surface area contributed by atoms with Crippen LogP contribution in [-0.4, -0.2) is 46.9 Å². The molecule has 4 aromatic rings. The lowest BCUT2D eigenvalue weighted by Crippen LogP contribution is -2.11. The Bertz CT molecular complexity index is 1190. The Hall–Kier alpha value is -3.56. The van der Waals surface area contributed by atoms with Crippen LogP contribution in [0.1, 0.15) is 42.4 Å². The van der Waals surface area contributed by atoms with Gasteiger partial charge in [-0.15, -0.1) is 0 Å². The molecule has 0 aliphatic heterocycles. The van der Waals surface area contributed by atoms with Crippen molar-refractivity contribution in [1.82, 2.24) is 34.3 Å². The molecule has 0 atom stereocenters. The highest BCUT2D eigenvalue weighted by atomic mass is 16.5. The van der Waals surface area contributed by atoms with Gasteiger partial charge in [-0.3, -0.25) is 0 Å². The first-order valence-electron chi connectivity index (χ1n) is 9.39. The monoisotopic (exact) mass is 394 g/mol. The van der Waals surface area contributed by atoms with E-state index in [1.807, 2.05) is 23.1 Å². The van der Waals surface area contributed by atoms with Gasteiger partial charge in [-0.2, -0.15) is 5.10 Å². The summed E-state index contributed by atoms with van der Waals surface area (Å²) in [6.45, 7) is 6.74. The molecule has 0 bridgehead atoms. The number of hydrogen-bond donors (Lipinski definition) is 1. The van der Waals surface area contributed by atoms with Gasteiger partial charge in [0.25, 0.3) is 0 Å². The number of fused-ring (bicyclic) bond motifs is 2. The van der Waals surface area contributed by atoms with Gasteiger partial charge in [0.05, 0.1) is 30.4 Å². The van der Waals surface area contributed by atoms with Crippen molar-refractivity contribution in [2.45, 2.75) is 39.8 Å². The molecular weight excluding hydrogens is 372 g/mol. The molecule has 4 rings (SSSR count). The fourth-order valence-corrected chi connectivity index (χ4v) is 3.19. The topological polar surface area (TPSA) is 127 Å². The number of nitrogens with two attached hydrogens (primary N) is 1. The van der Waals surface area contributed by atoms with E-state index in [0.29, 0.717) is 41.2 Å². The number of pyridine rings is 1. The van der Waals surface area contributed by atoms with Gasteiger partial charge in [-0.05, 0) is 33.3 Å². The molecule has 0 amide bonds. The van der Waals surface area contributed by atoms with Crippen molar-refractivity contribution in [3.05, 3.63) is 36.2 Å². The third-order valence-electron chi connectivity index (χ3n) is 4.67. The third kappa shape index (κ3) is 3.48. The number of nitrogens with zero attached hydrogens (tertiary/aromatic N) is 7. The molecule has 10 nitrogen and oxygen atoms in total. The van der Waals surface area contributed by atoms with Gasteiger partial charge in [-0.25, -0.2) is 29.4 Å². The summed E-state index contributed by atoms with van der Waals surface area (Å²) in [5.41, 5.74) is 8.87. The number of carbonyl (C=O) groups excluding carboxylic acids is 1. The van der Waals surface area contributed by atoms with E-state index < -0.39 is 5.97 Å². The van der Waals surface area contributed by atoms with Gasteiger partial charge in [0.2, 0.25) is 0 Å². The van der Waals surface area contributed by atoms with Crippen molar-refractivity contribution in [2.75, 3.05) is 12.3 Å². The van der Waals surface area contributed by atoms with Gasteiger partial charge in [-0.1, -0.05) is 0 Å². The average Bonchev–Trinajstić information content (AvgIpc) is 3.29. The van der Waals surface area contributed by atoms with Crippen molar-refractivity contribution in [3.63, 3.8) is 0 Å². The van der Waals surface area contributed by atoms with E-state index in [1.54, 1.807) is 25.5 Å². The molecule has 0 spiro atoms. The van der Waals surface area contributed by atoms with Crippen LogP contribution in [0.5, 0.6) is 0 Å². The van der Waals surface area contributed by atoms with Gasteiger partial charge in [0.15, 0.2) is 17.1 Å². The minimum absolute atomic E-state index is 0.192. The van der Waals surface area contributed by atoms with Gasteiger partial charge < -0.3 is 15.0 Å². The second-order valence-electron chi connectivity index (χ2n) is 7.08. The van der Waals surface area contributed by atoms with Crippen molar-refractivity contribution in [1.29, 1.82) is 0 Å². The van der Waals surface area contributed by atoms with E-state index in [2.05, 4.69) is 25.0 Å². The van der Waals surface area contributed by atoms with Crippen molar-refractivity contribution in [3.8, 4) is 0 Å². The predicted molar refractivity (Wildman–Crippen MR) is 107 cm³/mol. The number of imidazole rings is 1. The Morgan fingerprint density at radius 2 is 2.07 bits per heavy atom. The number of esters is 1. The van der Waals surface area contributed by atoms with Crippen molar-refractivity contribution < 1.29 is 9.53 Å². The zero-order valence-electron chi connectivity index (χ0n) is 16.5. The zero-order valence-corrected chi connectivity index (χ0v) is 16.5. The Labute approximate surface area is 166 Å². The number of ether oxygens (including phenoxy) is 1. The van der Waals surface area contributed by atoms with Crippen LogP contribution in [0, 0.1) is 6.92 Å². The molecule has 0 saturated heterocycles. The molecule has 10 heteroatoms. The van der Waals surface area contributed by atoms with E-state index >= 15 is 0 Å². The van der Waals surface area contributed by atoms with Crippen LogP contribution in [0.3, 0.4) is 0 Å². The Morgan fingerprint density at radius 1 is 1.24 bits per heavy atom. The molecule has 0 aliphatic carbocycles. The fourth-order valence-electron chi connectivity index (χ4n) is 3.19. The summed E-state index contributed by atoms with van der Waals surface area (Å²) >= 11 is 0. The van der Waals surface area contributed by atoms with E-state index in [9.17, 15) is 4.79 Å². The Balaban J connectivity index is 1.40. The number of aromatic nitrogens is 7.